The average Bonchev–Trinajstić information content (AvgIpc) is 3.13. The highest BCUT2D eigenvalue weighted by Crippen LogP contribution is 2.47. The van der Waals surface area contributed by atoms with Gasteiger partial charge in [0.2, 0.25) is 0 Å². The van der Waals surface area contributed by atoms with Gasteiger partial charge in [-0.25, -0.2) is 4.79 Å². The fourth-order valence-electron chi connectivity index (χ4n) is 3.02. The molecule has 26 heavy (non-hydrogen) atoms. The van der Waals surface area contributed by atoms with Crippen molar-refractivity contribution in [2.45, 2.75) is 17.9 Å². The lowest BCUT2D eigenvalue weighted by molar-refractivity contribution is -0.322. The van der Waals surface area contributed by atoms with Gasteiger partial charge < -0.3 is 10.4 Å². The first kappa shape index (κ1) is 18.3. The van der Waals surface area contributed by atoms with Gasteiger partial charge in [0, 0.05) is 19.4 Å². The van der Waals surface area contributed by atoms with Crippen molar-refractivity contribution in [3.8, 4) is 0 Å². The van der Waals surface area contributed by atoms with Crippen molar-refractivity contribution in [2.24, 2.45) is 5.92 Å². The number of aromatic nitrogens is 1. The molecular weight excluding hydrogens is 371 g/mol. The van der Waals surface area contributed by atoms with E-state index in [4.69, 9.17) is 0 Å². The number of Topliss-reactive ketones (excluding diaryl/α,β-unsaturated/α-hetero) is 1. The number of aliphatic hydroxyl groups is 1. The van der Waals surface area contributed by atoms with Gasteiger partial charge in [-0.1, -0.05) is 12.1 Å². The molecule has 3 unspecified atom stereocenters. The Morgan fingerprint density at radius 3 is 2.65 bits per heavy atom. The van der Waals surface area contributed by atoms with Gasteiger partial charge in [0.05, 0.1) is 10.9 Å². The predicted molar refractivity (Wildman–Crippen MR) is 86.4 cm³/mol. The van der Waals surface area contributed by atoms with E-state index in [1.807, 2.05) is 0 Å². The molecule has 1 fully saturated rings. The molecule has 2 N–H and O–H groups in total. The van der Waals surface area contributed by atoms with E-state index in [2.05, 4.69) is 10.3 Å². The molecule has 1 saturated heterocycles. The number of ketones is 1. The fraction of sp³-hybridized carbons (Fsp3) is 0.312. The van der Waals surface area contributed by atoms with Gasteiger partial charge in [0.1, 0.15) is 5.92 Å². The zero-order valence-electron chi connectivity index (χ0n) is 13.4. The lowest BCUT2D eigenvalue weighted by atomic mass is 9.78. The molecule has 0 bridgehead atoms. The third-order valence-electron chi connectivity index (χ3n) is 4.37. The Kier molecular flexibility index (Phi) is 4.49. The summed E-state index contributed by atoms with van der Waals surface area (Å²) >= 11 is 0.960. The second-order valence-electron chi connectivity index (χ2n) is 5.82. The van der Waals surface area contributed by atoms with E-state index in [9.17, 15) is 27.9 Å². The molecule has 138 valence electrons. The van der Waals surface area contributed by atoms with E-state index in [0.29, 0.717) is 0 Å². The first-order chi connectivity index (χ1) is 12.2. The van der Waals surface area contributed by atoms with Gasteiger partial charge in [0.15, 0.2) is 5.78 Å². The minimum absolute atomic E-state index is 0.0520. The molecule has 0 aliphatic carbocycles. The maximum absolute atomic E-state index is 13.9. The monoisotopic (exact) mass is 385 g/mol. The third-order valence-corrected chi connectivity index (χ3v) is 5.25. The number of carbonyl (C=O) groups is 2. The van der Waals surface area contributed by atoms with Crippen molar-refractivity contribution >= 4 is 23.2 Å². The number of thiophene rings is 1. The molecular formula is C16H14F3N3O3S. The van der Waals surface area contributed by atoms with E-state index < -0.39 is 35.7 Å². The zero-order valence-corrected chi connectivity index (χ0v) is 14.2. The predicted octanol–water partition coefficient (Wildman–Crippen LogP) is 2.59. The van der Waals surface area contributed by atoms with Crippen LogP contribution in [0.4, 0.5) is 18.0 Å². The average molecular weight is 385 g/mol. The summed E-state index contributed by atoms with van der Waals surface area (Å²) in [6, 6.07) is 3.27. The summed E-state index contributed by atoms with van der Waals surface area (Å²) in [6.45, 7) is 0. The van der Waals surface area contributed by atoms with Crippen LogP contribution in [0.3, 0.4) is 0 Å². The normalized spacial score (nSPS) is 26.5. The lowest BCUT2D eigenvalue weighted by Crippen LogP contribution is -2.72. The van der Waals surface area contributed by atoms with Gasteiger partial charge in [0.25, 0.3) is 5.72 Å². The van der Waals surface area contributed by atoms with E-state index >= 15 is 0 Å². The molecule has 2 aromatic heterocycles. The molecule has 6 nitrogen and oxygen atoms in total. The van der Waals surface area contributed by atoms with Crippen LogP contribution >= 0.6 is 11.3 Å². The highest BCUT2D eigenvalue weighted by molar-refractivity contribution is 7.12. The number of carbonyl (C=O) groups excluding carboxylic acids is 2. The molecule has 0 spiro atoms. The minimum atomic E-state index is -5.25. The van der Waals surface area contributed by atoms with Crippen LogP contribution in [-0.4, -0.2) is 45.8 Å². The van der Waals surface area contributed by atoms with Crippen LogP contribution in [0.2, 0.25) is 0 Å². The number of pyridine rings is 1. The third kappa shape index (κ3) is 2.74. The number of hydrogen-bond donors (Lipinski definition) is 2. The molecule has 3 atom stereocenters. The van der Waals surface area contributed by atoms with E-state index in [-0.39, 0.29) is 15.3 Å². The molecule has 1 aliphatic heterocycles. The Morgan fingerprint density at radius 2 is 2.12 bits per heavy atom. The van der Waals surface area contributed by atoms with Crippen molar-refractivity contribution in [3.05, 3.63) is 52.5 Å². The van der Waals surface area contributed by atoms with E-state index in [1.54, 1.807) is 5.38 Å². The van der Waals surface area contributed by atoms with Crippen molar-refractivity contribution in [1.29, 1.82) is 0 Å². The largest absolute Gasteiger partial charge is 0.437 e. The van der Waals surface area contributed by atoms with Gasteiger partial charge in [-0.15, -0.1) is 11.3 Å². The Balaban J connectivity index is 2.20. The maximum Gasteiger partial charge on any atom is 0.437 e. The lowest BCUT2D eigenvalue weighted by Gasteiger charge is -2.49. The van der Waals surface area contributed by atoms with Crippen LogP contribution in [0.1, 0.15) is 21.3 Å². The van der Waals surface area contributed by atoms with Gasteiger partial charge in [-0.3, -0.25) is 14.7 Å². The van der Waals surface area contributed by atoms with Crippen LogP contribution in [0, 0.1) is 5.92 Å². The van der Waals surface area contributed by atoms with Crippen molar-refractivity contribution in [1.82, 2.24) is 15.2 Å². The topological polar surface area (TPSA) is 82.5 Å². The Bertz CT molecular complexity index is 813. The van der Waals surface area contributed by atoms with E-state index in [0.717, 1.165) is 18.4 Å². The molecule has 3 rings (SSSR count). The van der Waals surface area contributed by atoms with Crippen LogP contribution in [0.5, 0.6) is 0 Å². The highest BCUT2D eigenvalue weighted by Gasteiger charge is 2.69. The number of hydrogen-bond acceptors (Lipinski definition) is 5. The summed E-state index contributed by atoms with van der Waals surface area (Å²) in [4.78, 5) is 29.0. The molecule has 1 aliphatic rings. The van der Waals surface area contributed by atoms with Gasteiger partial charge in [-0.2, -0.15) is 13.2 Å². The summed E-state index contributed by atoms with van der Waals surface area (Å²) in [5.74, 6) is -2.92. The van der Waals surface area contributed by atoms with E-state index in [1.165, 1.54) is 36.7 Å². The molecule has 0 aromatic carbocycles. The van der Waals surface area contributed by atoms with Crippen molar-refractivity contribution in [3.63, 3.8) is 0 Å². The summed E-state index contributed by atoms with van der Waals surface area (Å²) in [7, 11) is 0.803. The number of alkyl halides is 3. The second kappa shape index (κ2) is 6.36. The summed E-state index contributed by atoms with van der Waals surface area (Å²) in [5.41, 5.74) is -3.48. The summed E-state index contributed by atoms with van der Waals surface area (Å²) < 4.78 is 41.6. The minimum Gasteiger partial charge on any atom is -0.363 e. The molecule has 0 saturated carbocycles. The molecule has 2 amide bonds. The second-order valence-corrected chi connectivity index (χ2v) is 6.76. The zero-order chi connectivity index (χ0) is 19.1. The number of rotatable bonds is 3. The molecule has 10 heteroatoms. The van der Waals surface area contributed by atoms with Crippen LogP contribution in [0.25, 0.3) is 0 Å². The Labute approximate surface area is 150 Å². The number of nitrogens with zero attached hydrogens (tertiary/aromatic N) is 2. The van der Waals surface area contributed by atoms with Crippen molar-refractivity contribution < 1.29 is 27.9 Å². The molecule has 3 heterocycles. The molecule has 0 radical (unpaired) electrons. The van der Waals surface area contributed by atoms with Crippen molar-refractivity contribution in [2.75, 3.05) is 7.05 Å². The van der Waals surface area contributed by atoms with Crippen LogP contribution < -0.4 is 5.32 Å². The first-order valence-corrected chi connectivity index (χ1v) is 8.37. The Morgan fingerprint density at radius 1 is 1.38 bits per heavy atom. The fourth-order valence-corrected chi connectivity index (χ4v) is 3.72. The maximum atomic E-state index is 13.9. The standard InChI is InChI=1S/C16H14F3N3O3S/c1-22-14(24)21-12(9-4-2-6-20-8-9)11(15(22,25)16(17,18)19)13(23)10-5-3-7-26-10/h2-8,11-12,25H,1H3,(H,21,24). The Hall–Kier alpha value is -2.46. The number of nitrogens with one attached hydrogen (secondary N) is 1. The smallest absolute Gasteiger partial charge is 0.363 e. The van der Waals surface area contributed by atoms with Crippen LogP contribution in [0.15, 0.2) is 42.0 Å². The quantitative estimate of drug-likeness (QED) is 0.796. The van der Waals surface area contributed by atoms with Gasteiger partial charge in [-0.05, 0) is 23.1 Å². The van der Waals surface area contributed by atoms with Gasteiger partial charge >= 0.3 is 12.2 Å². The summed E-state index contributed by atoms with van der Waals surface area (Å²) in [6.07, 6.45) is -2.59. The summed E-state index contributed by atoms with van der Waals surface area (Å²) in [5, 5.41) is 14.5. The SMILES string of the molecule is CN1C(=O)NC(c2cccnc2)C(C(=O)c2cccs2)C1(O)C(F)(F)F. The highest BCUT2D eigenvalue weighted by atomic mass is 32.1. The first-order valence-electron chi connectivity index (χ1n) is 7.49. The molecule has 2 aromatic rings. The van der Waals surface area contributed by atoms with Crippen LogP contribution in [-0.2, 0) is 0 Å². The number of halogens is 3. The number of urea groups is 1. The number of amides is 2.